The van der Waals surface area contributed by atoms with Gasteiger partial charge < -0.3 is 14.7 Å². The molecule has 1 aliphatic rings. The van der Waals surface area contributed by atoms with E-state index in [1.165, 1.54) is 0 Å². The highest BCUT2D eigenvalue weighted by Gasteiger charge is 2.27. The molecule has 1 atom stereocenters. The first-order valence-electron chi connectivity index (χ1n) is 7.06. The lowest BCUT2D eigenvalue weighted by Gasteiger charge is -2.07. The van der Waals surface area contributed by atoms with Gasteiger partial charge in [0.2, 0.25) is 0 Å². The van der Waals surface area contributed by atoms with Crippen molar-refractivity contribution in [2.24, 2.45) is 12.2 Å². The topological polar surface area (TPSA) is 81.4 Å². The zero-order valence-electron chi connectivity index (χ0n) is 12.5. The molecule has 1 amide bonds. The Morgan fingerprint density at radius 1 is 1.36 bits per heavy atom. The molecule has 0 fully saturated rings. The van der Waals surface area contributed by atoms with Gasteiger partial charge in [0.1, 0.15) is 11.5 Å². The lowest BCUT2D eigenvalue weighted by Crippen LogP contribution is -2.30. The molecule has 0 saturated heterocycles. The van der Waals surface area contributed by atoms with Gasteiger partial charge in [0.05, 0.1) is 6.54 Å². The fourth-order valence-corrected chi connectivity index (χ4v) is 2.22. The number of rotatable bonds is 4. The first-order chi connectivity index (χ1) is 10.6. The summed E-state index contributed by atoms with van der Waals surface area (Å²) in [6.07, 6.45) is 0.271. The van der Waals surface area contributed by atoms with Gasteiger partial charge in [-0.25, -0.2) is 0 Å². The third-order valence-electron chi connectivity index (χ3n) is 3.69. The molecule has 1 N–H and O–H groups in total. The summed E-state index contributed by atoms with van der Waals surface area (Å²) in [4.78, 5) is 17.5. The second-order valence-corrected chi connectivity index (χ2v) is 5.15. The number of oxime groups is 1. The predicted octanol–water partition coefficient (Wildman–Crippen LogP) is 1.26. The van der Waals surface area contributed by atoms with Crippen molar-refractivity contribution in [3.63, 3.8) is 0 Å². The summed E-state index contributed by atoms with van der Waals surface area (Å²) in [7, 11) is 1.86. The van der Waals surface area contributed by atoms with Gasteiger partial charge in [-0.15, -0.1) is 10.2 Å². The minimum atomic E-state index is -0.237. The Balaban J connectivity index is 1.57. The Labute approximate surface area is 128 Å². The van der Waals surface area contributed by atoms with Crippen LogP contribution >= 0.6 is 0 Å². The summed E-state index contributed by atoms with van der Waals surface area (Å²) < 4.78 is 1.83. The molecule has 1 aromatic carbocycles. The Bertz CT molecular complexity index is 708. The van der Waals surface area contributed by atoms with Crippen LogP contribution in [0.5, 0.6) is 0 Å². The van der Waals surface area contributed by atoms with Gasteiger partial charge in [0, 0.05) is 13.5 Å². The average Bonchev–Trinajstić information content (AvgIpc) is 3.15. The number of nitrogens with one attached hydrogen (secondary N) is 1. The Hall–Kier alpha value is -2.70. The highest BCUT2D eigenvalue weighted by Crippen LogP contribution is 2.26. The molecule has 7 heteroatoms. The normalized spacial score (nSPS) is 17.0. The minimum Gasteiger partial charge on any atom is -0.387 e. The highest BCUT2D eigenvalue weighted by atomic mass is 16.6. The van der Waals surface area contributed by atoms with Crippen molar-refractivity contribution in [2.75, 3.05) is 0 Å². The summed E-state index contributed by atoms with van der Waals surface area (Å²) >= 11 is 0. The summed E-state index contributed by atoms with van der Waals surface area (Å²) in [6, 6.07) is 9.74. The maximum absolute atomic E-state index is 12.1. The van der Waals surface area contributed by atoms with E-state index >= 15 is 0 Å². The van der Waals surface area contributed by atoms with Crippen LogP contribution in [-0.2, 0) is 23.2 Å². The van der Waals surface area contributed by atoms with Crippen LogP contribution in [-0.4, -0.2) is 26.4 Å². The fraction of sp³-hybridized carbons (Fsp3) is 0.333. The largest absolute Gasteiger partial charge is 0.387 e. The molecule has 0 unspecified atom stereocenters. The van der Waals surface area contributed by atoms with Gasteiger partial charge in [0.15, 0.2) is 11.9 Å². The van der Waals surface area contributed by atoms with Gasteiger partial charge in [0.25, 0.3) is 5.91 Å². The van der Waals surface area contributed by atoms with E-state index < -0.39 is 0 Å². The van der Waals surface area contributed by atoms with Crippen LogP contribution in [0.15, 0.2) is 35.5 Å². The molecule has 0 spiro atoms. The zero-order chi connectivity index (χ0) is 15.5. The molecule has 0 aliphatic carbocycles. The first-order valence-corrected chi connectivity index (χ1v) is 7.06. The number of aryl methyl sites for hydroxylation is 1. The summed E-state index contributed by atoms with van der Waals surface area (Å²) in [5, 5.41) is 14.6. The minimum absolute atomic E-state index is 0.195. The smallest absolute Gasteiger partial charge is 0.269 e. The zero-order valence-corrected chi connectivity index (χ0v) is 12.5. The number of hydrogen-bond acceptors (Lipinski definition) is 5. The number of aromatic nitrogens is 3. The monoisotopic (exact) mass is 299 g/mol. The van der Waals surface area contributed by atoms with Gasteiger partial charge in [-0.1, -0.05) is 35.5 Å². The van der Waals surface area contributed by atoms with E-state index in [-0.39, 0.29) is 12.0 Å². The highest BCUT2D eigenvalue weighted by molar-refractivity contribution is 6.39. The molecule has 0 saturated carbocycles. The lowest BCUT2D eigenvalue weighted by atomic mass is 10.0. The standard InChI is InChI=1S/C15H17N5O2/c1-10-17-18-14(20(10)2)9-16-15(21)12-8-13(22-19-12)11-6-4-3-5-7-11/h3-7,13H,8-9H2,1-2H3,(H,16,21)/t13-/m0/s1. The van der Waals surface area contributed by atoms with Crippen LogP contribution in [0.2, 0.25) is 0 Å². The fourth-order valence-electron chi connectivity index (χ4n) is 2.22. The molecule has 2 aromatic rings. The molecule has 0 radical (unpaired) electrons. The number of carbonyl (C=O) groups is 1. The second-order valence-electron chi connectivity index (χ2n) is 5.15. The summed E-state index contributed by atoms with van der Waals surface area (Å²) in [5.41, 5.74) is 1.41. The van der Waals surface area contributed by atoms with Gasteiger partial charge in [-0.05, 0) is 12.5 Å². The molecule has 22 heavy (non-hydrogen) atoms. The van der Waals surface area contributed by atoms with E-state index in [1.807, 2.05) is 48.9 Å². The lowest BCUT2D eigenvalue weighted by molar-refractivity contribution is -0.115. The molecular formula is C15H17N5O2. The molecule has 2 heterocycles. The van der Waals surface area contributed by atoms with Gasteiger partial charge in [-0.2, -0.15) is 0 Å². The maximum Gasteiger partial charge on any atom is 0.269 e. The van der Waals surface area contributed by atoms with Crippen molar-refractivity contribution in [3.05, 3.63) is 47.5 Å². The van der Waals surface area contributed by atoms with Crippen molar-refractivity contribution in [2.45, 2.75) is 26.0 Å². The molecule has 7 nitrogen and oxygen atoms in total. The molecule has 0 bridgehead atoms. The number of benzene rings is 1. The van der Waals surface area contributed by atoms with Crippen molar-refractivity contribution >= 4 is 11.6 Å². The third kappa shape index (κ3) is 2.83. The number of nitrogens with zero attached hydrogens (tertiary/aromatic N) is 4. The molecular weight excluding hydrogens is 282 g/mol. The van der Waals surface area contributed by atoms with Crippen LogP contribution in [0.3, 0.4) is 0 Å². The quantitative estimate of drug-likeness (QED) is 0.921. The van der Waals surface area contributed by atoms with Crippen molar-refractivity contribution in [3.8, 4) is 0 Å². The van der Waals surface area contributed by atoms with Crippen LogP contribution < -0.4 is 5.32 Å². The van der Waals surface area contributed by atoms with Crippen LogP contribution in [0.1, 0.15) is 29.7 Å². The van der Waals surface area contributed by atoms with E-state index in [4.69, 9.17) is 4.84 Å². The number of carbonyl (C=O) groups excluding carboxylic acids is 1. The van der Waals surface area contributed by atoms with E-state index in [0.717, 1.165) is 11.4 Å². The maximum atomic E-state index is 12.1. The van der Waals surface area contributed by atoms with E-state index in [2.05, 4.69) is 20.7 Å². The molecule has 3 rings (SSSR count). The Morgan fingerprint density at radius 3 is 2.82 bits per heavy atom. The summed E-state index contributed by atoms with van der Waals surface area (Å²) in [6.45, 7) is 2.17. The number of amides is 1. The summed E-state index contributed by atoms with van der Waals surface area (Å²) in [5.74, 6) is 1.26. The first kappa shape index (κ1) is 14.2. The second kappa shape index (κ2) is 5.97. The van der Waals surface area contributed by atoms with E-state index in [1.54, 1.807) is 0 Å². The van der Waals surface area contributed by atoms with Crippen LogP contribution in [0.4, 0.5) is 0 Å². The van der Waals surface area contributed by atoms with Crippen molar-refractivity contribution in [1.82, 2.24) is 20.1 Å². The van der Waals surface area contributed by atoms with E-state index in [0.29, 0.717) is 24.5 Å². The average molecular weight is 299 g/mol. The van der Waals surface area contributed by atoms with Crippen LogP contribution in [0.25, 0.3) is 0 Å². The third-order valence-corrected chi connectivity index (χ3v) is 3.69. The van der Waals surface area contributed by atoms with Crippen LogP contribution in [0, 0.1) is 6.92 Å². The van der Waals surface area contributed by atoms with E-state index in [9.17, 15) is 4.79 Å². The van der Waals surface area contributed by atoms with Gasteiger partial charge in [-0.3, -0.25) is 4.79 Å². The van der Waals surface area contributed by atoms with Crippen molar-refractivity contribution in [1.29, 1.82) is 0 Å². The predicted molar refractivity (Wildman–Crippen MR) is 79.9 cm³/mol. The molecule has 114 valence electrons. The molecule has 1 aromatic heterocycles. The van der Waals surface area contributed by atoms with Crippen molar-refractivity contribution < 1.29 is 9.63 Å². The van der Waals surface area contributed by atoms with Gasteiger partial charge >= 0.3 is 0 Å². The Kier molecular flexibility index (Phi) is 3.86. The SMILES string of the molecule is Cc1nnc(CNC(=O)C2=NO[C@H](c3ccccc3)C2)n1C. The molecule has 1 aliphatic heterocycles. The number of hydrogen-bond donors (Lipinski definition) is 1. The Morgan fingerprint density at radius 2 is 2.14 bits per heavy atom.